The van der Waals surface area contributed by atoms with Gasteiger partial charge in [0.15, 0.2) is 9.84 Å². The lowest BCUT2D eigenvalue weighted by Gasteiger charge is -2.28. The van der Waals surface area contributed by atoms with Crippen LogP contribution in [0.3, 0.4) is 0 Å². The molecule has 0 aromatic heterocycles. The number of carbonyl (C=O) groups is 1. The number of carbonyl (C=O) groups excluding carboxylic acids is 1. The lowest BCUT2D eigenvalue weighted by Crippen LogP contribution is -2.42. The Morgan fingerprint density at radius 3 is 2.48 bits per heavy atom. The number of hydrogen-bond acceptors (Lipinski definition) is 3. The van der Waals surface area contributed by atoms with E-state index in [1.54, 1.807) is 20.8 Å². The number of benzene rings is 1. The third-order valence-corrected chi connectivity index (χ3v) is 5.76. The number of halogens is 2. The highest BCUT2D eigenvalue weighted by Gasteiger charge is 2.25. The summed E-state index contributed by atoms with van der Waals surface area (Å²) >= 11 is 3.16. The van der Waals surface area contributed by atoms with E-state index < -0.39 is 21.7 Å². The van der Waals surface area contributed by atoms with Gasteiger partial charge in [-0.2, -0.15) is 0 Å². The minimum atomic E-state index is -3.17. The van der Waals surface area contributed by atoms with Crippen molar-refractivity contribution in [2.45, 2.75) is 26.8 Å². The molecule has 7 heteroatoms. The zero-order chi connectivity index (χ0) is 16.2. The molecule has 1 atom stereocenters. The molecule has 0 bridgehead atoms. The molecule has 0 unspecified atom stereocenters. The van der Waals surface area contributed by atoms with Crippen LogP contribution >= 0.6 is 15.9 Å². The maximum absolute atomic E-state index is 13.1. The summed E-state index contributed by atoms with van der Waals surface area (Å²) in [5.41, 5.74) is 0.319. The molecule has 0 fully saturated rings. The Morgan fingerprint density at radius 2 is 2.00 bits per heavy atom. The molecule has 1 aromatic carbocycles. The third kappa shape index (κ3) is 4.78. The molecule has 0 heterocycles. The molecule has 1 rings (SSSR count). The molecule has 1 aromatic rings. The Kier molecular flexibility index (Phi) is 6.34. The first-order valence-electron chi connectivity index (χ1n) is 6.68. The van der Waals surface area contributed by atoms with E-state index in [1.165, 1.54) is 23.1 Å². The van der Waals surface area contributed by atoms with Crippen LogP contribution < -0.4 is 0 Å². The SMILES string of the molecule is CCN(C(=O)c1ccc(F)cc1Br)[C@H](C)CS(=O)(=O)CC. The Bertz CT molecular complexity index is 619. The lowest BCUT2D eigenvalue weighted by atomic mass is 10.1. The fourth-order valence-corrected chi connectivity index (χ4v) is 3.72. The molecule has 0 aliphatic carbocycles. The van der Waals surface area contributed by atoms with Crippen LogP contribution in [0.1, 0.15) is 31.1 Å². The number of amides is 1. The average Bonchev–Trinajstić information content (AvgIpc) is 2.38. The second-order valence-electron chi connectivity index (χ2n) is 4.76. The number of hydrogen-bond donors (Lipinski definition) is 0. The van der Waals surface area contributed by atoms with Gasteiger partial charge in [0.2, 0.25) is 0 Å². The van der Waals surface area contributed by atoms with Crippen LogP contribution in [0.5, 0.6) is 0 Å². The van der Waals surface area contributed by atoms with Crippen molar-refractivity contribution in [3.8, 4) is 0 Å². The van der Waals surface area contributed by atoms with Gasteiger partial charge < -0.3 is 4.90 Å². The second-order valence-corrected chi connectivity index (χ2v) is 8.02. The van der Waals surface area contributed by atoms with Gasteiger partial charge in [0.1, 0.15) is 5.82 Å². The molecule has 0 aliphatic rings. The van der Waals surface area contributed by atoms with Gasteiger partial charge in [-0.1, -0.05) is 6.92 Å². The highest BCUT2D eigenvalue weighted by atomic mass is 79.9. The maximum Gasteiger partial charge on any atom is 0.255 e. The summed E-state index contributed by atoms with van der Waals surface area (Å²) in [5, 5.41) is 0. The van der Waals surface area contributed by atoms with Crippen LogP contribution in [0, 0.1) is 5.82 Å². The molecule has 0 saturated carbocycles. The fourth-order valence-electron chi connectivity index (χ4n) is 2.05. The van der Waals surface area contributed by atoms with E-state index in [1.807, 2.05) is 0 Å². The predicted octanol–water partition coefficient (Wildman–Crippen LogP) is 2.87. The largest absolute Gasteiger partial charge is 0.335 e. The average molecular weight is 380 g/mol. The summed E-state index contributed by atoms with van der Waals surface area (Å²) in [6, 6.07) is 3.38. The summed E-state index contributed by atoms with van der Waals surface area (Å²) in [6.07, 6.45) is 0. The van der Waals surface area contributed by atoms with Crippen LogP contribution in [0.2, 0.25) is 0 Å². The smallest absolute Gasteiger partial charge is 0.255 e. The van der Waals surface area contributed by atoms with Gasteiger partial charge in [-0.25, -0.2) is 12.8 Å². The van der Waals surface area contributed by atoms with E-state index in [0.717, 1.165) is 0 Å². The first kappa shape index (κ1) is 18.1. The Morgan fingerprint density at radius 1 is 1.38 bits per heavy atom. The van der Waals surface area contributed by atoms with Crippen LogP contribution in [0.15, 0.2) is 22.7 Å². The molecular formula is C14H19BrFNO3S. The number of nitrogens with zero attached hydrogens (tertiary/aromatic N) is 1. The molecular weight excluding hydrogens is 361 g/mol. The molecule has 0 radical (unpaired) electrons. The van der Waals surface area contributed by atoms with E-state index in [2.05, 4.69) is 15.9 Å². The first-order chi connectivity index (χ1) is 9.71. The quantitative estimate of drug-likeness (QED) is 0.763. The molecule has 0 N–H and O–H groups in total. The second kappa shape index (κ2) is 7.35. The molecule has 0 saturated heterocycles. The normalized spacial score (nSPS) is 13.0. The first-order valence-corrected chi connectivity index (χ1v) is 9.29. The van der Waals surface area contributed by atoms with Gasteiger partial charge in [-0.3, -0.25) is 4.79 Å². The van der Waals surface area contributed by atoms with Gasteiger partial charge in [-0.15, -0.1) is 0 Å². The van der Waals surface area contributed by atoms with Crippen molar-refractivity contribution in [2.75, 3.05) is 18.1 Å². The summed E-state index contributed by atoms with van der Waals surface area (Å²) in [7, 11) is -3.17. The lowest BCUT2D eigenvalue weighted by molar-refractivity contribution is 0.0718. The summed E-state index contributed by atoms with van der Waals surface area (Å²) < 4.78 is 36.9. The highest BCUT2D eigenvalue weighted by molar-refractivity contribution is 9.10. The van der Waals surface area contributed by atoms with E-state index in [4.69, 9.17) is 0 Å². The van der Waals surface area contributed by atoms with Crippen molar-refractivity contribution in [3.05, 3.63) is 34.1 Å². The van der Waals surface area contributed by atoms with Crippen LogP contribution in [0.25, 0.3) is 0 Å². The van der Waals surface area contributed by atoms with Crippen molar-refractivity contribution in [3.63, 3.8) is 0 Å². The predicted molar refractivity (Wildman–Crippen MR) is 84.6 cm³/mol. The highest BCUT2D eigenvalue weighted by Crippen LogP contribution is 2.21. The minimum Gasteiger partial charge on any atom is -0.335 e. The van der Waals surface area contributed by atoms with Crippen molar-refractivity contribution in [2.24, 2.45) is 0 Å². The molecule has 4 nitrogen and oxygen atoms in total. The Hall–Kier alpha value is -0.950. The van der Waals surface area contributed by atoms with Crippen LogP contribution in [-0.2, 0) is 9.84 Å². The summed E-state index contributed by atoms with van der Waals surface area (Å²) in [4.78, 5) is 14.0. The van der Waals surface area contributed by atoms with Crippen molar-refractivity contribution in [1.82, 2.24) is 4.90 Å². The topological polar surface area (TPSA) is 54.5 Å². The molecule has 21 heavy (non-hydrogen) atoms. The van der Waals surface area contributed by atoms with Gasteiger partial charge in [0, 0.05) is 22.8 Å². The summed E-state index contributed by atoms with van der Waals surface area (Å²) in [6.45, 7) is 5.44. The van der Waals surface area contributed by atoms with Gasteiger partial charge in [0.05, 0.1) is 11.3 Å². The van der Waals surface area contributed by atoms with Crippen LogP contribution in [0.4, 0.5) is 4.39 Å². The van der Waals surface area contributed by atoms with Crippen molar-refractivity contribution in [1.29, 1.82) is 0 Å². The van der Waals surface area contributed by atoms with Crippen LogP contribution in [-0.4, -0.2) is 43.3 Å². The molecule has 1 amide bonds. The van der Waals surface area contributed by atoms with E-state index in [9.17, 15) is 17.6 Å². The Balaban J connectivity index is 3.01. The van der Waals surface area contributed by atoms with E-state index in [-0.39, 0.29) is 17.4 Å². The van der Waals surface area contributed by atoms with Gasteiger partial charge in [-0.05, 0) is 48.0 Å². The molecule has 0 spiro atoms. The summed E-state index contributed by atoms with van der Waals surface area (Å²) in [5.74, 6) is -0.795. The monoisotopic (exact) mass is 379 g/mol. The van der Waals surface area contributed by atoms with Crippen molar-refractivity contribution < 1.29 is 17.6 Å². The molecule has 0 aliphatic heterocycles. The minimum absolute atomic E-state index is 0.0450. The zero-order valence-electron chi connectivity index (χ0n) is 12.3. The molecule has 118 valence electrons. The van der Waals surface area contributed by atoms with E-state index in [0.29, 0.717) is 16.6 Å². The Labute approximate surface area is 133 Å². The maximum atomic E-state index is 13.1. The number of rotatable bonds is 6. The standard InChI is InChI=1S/C14H19BrFNO3S/c1-4-17(10(3)9-21(19,20)5-2)14(18)12-7-6-11(16)8-13(12)15/h6-8,10H,4-5,9H2,1-3H3/t10-/m1/s1. The fraction of sp³-hybridized carbons (Fsp3) is 0.500. The van der Waals surface area contributed by atoms with Crippen molar-refractivity contribution >= 4 is 31.7 Å². The van der Waals surface area contributed by atoms with E-state index >= 15 is 0 Å². The zero-order valence-corrected chi connectivity index (χ0v) is 14.7. The number of sulfone groups is 1. The van der Waals surface area contributed by atoms with Gasteiger partial charge >= 0.3 is 0 Å². The third-order valence-electron chi connectivity index (χ3n) is 3.23. The van der Waals surface area contributed by atoms with Gasteiger partial charge in [0.25, 0.3) is 5.91 Å².